The van der Waals surface area contributed by atoms with Crippen LogP contribution in [0, 0.1) is 5.82 Å². The second-order valence-corrected chi connectivity index (χ2v) is 4.57. The lowest BCUT2D eigenvalue weighted by Crippen LogP contribution is -2.00. The molecular formula is C13H10Cl2FNO. The fraction of sp³-hybridized carbons (Fsp3) is 0.0769. The van der Waals surface area contributed by atoms with Crippen LogP contribution in [0.5, 0.6) is 5.75 Å². The molecule has 0 aromatic heterocycles. The van der Waals surface area contributed by atoms with Crippen LogP contribution < -0.4 is 5.32 Å². The summed E-state index contributed by atoms with van der Waals surface area (Å²) in [5, 5.41) is 13.5. The first-order valence-electron chi connectivity index (χ1n) is 5.22. The average Bonchev–Trinajstić information content (AvgIpc) is 2.34. The van der Waals surface area contributed by atoms with Crippen LogP contribution in [0.15, 0.2) is 36.4 Å². The normalized spacial score (nSPS) is 10.4. The fourth-order valence-electron chi connectivity index (χ4n) is 1.50. The highest BCUT2D eigenvalue weighted by Gasteiger charge is 2.04. The second kappa shape index (κ2) is 5.46. The second-order valence-electron chi connectivity index (χ2n) is 3.76. The largest absolute Gasteiger partial charge is 0.508 e. The molecule has 2 aromatic rings. The third-order valence-corrected chi connectivity index (χ3v) is 3.18. The molecule has 0 heterocycles. The van der Waals surface area contributed by atoms with Crippen LogP contribution >= 0.6 is 23.2 Å². The number of aromatic hydroxyl groups is 1. The van der Waals surface area contributed by atoms with Gasteiger partial charge in [-0.2, -0.15) is 0 Å². The number of benzene rings is 2. The molecule has 0 atom stereocenters. The van der Waals surface area contributed by atoms with Crippen LogP contribution in [-0.4, -0.2) is 5.11 Å². The van der Waals surface area contributed by atoms with E-state index in [0.29, 0.717) is 22.2 Å². The van der Waals surface area contributed by atoms with E-state index in [1.807, 2.05) is 0 Å². The lowest BCUT2D eigenvalue weighted by atomic mass is 10.2. The van der Waals surface area contributed by atoms with Crippen molar-refractivity contribution in [3.63, 3.8) is 0 Å². The summed E-state index contributed by atoms with van der Waals surface area (Å²) in [6, 6.07) is 8.89. The summed E-state index contributed by atoms with van der Waals surface area (Å²) in [6.07, 6.45) is 0. The van der Waals surface area contributed by atoms with Gasteiger partial charge >= 0.3 is 0 Å². The number of phenols is 1. The van der Waals surface area contributed by atoms with Crippen molar-refractivity contribution in [1.82, 2.24) is 0 Å². The quantitative estimate of drug-likeness (QED) is 0.873. The number of hydrogen-bond donors (Lipinski definition) is 2. The molecular weight excluding hydrogens is 276 g/mol. The molecule has 0 aliphatic carbocycles. The molecule has 2 rings (SSSR count). The van der Waals surface area contributed by atoms with Gasteiger partial charge in [0.1, 0.15) is 11.6 Å². The Morgan fingerprint density at radius 1 is 1.06 bits per heavy atom. The first kappa shape index (κ1) is 13.0. The third kappa shape index (κ3) is 3.06. The van der Waals surface area contributed by atoms with E-state index in [1.54, 1.807) is 18.2 Å². The summed E-state index contributed by atoms with van der Waals surface area (Å²) in [5.74, 6) is -0.345. The molecule has 0 spiro atoms. The predicted octanol–water partition coefficient (Wildman–Crippen LogP) is 4.45. The van der Waals surface area contributed by atoms with E-state index in [0.717, 1.165) is 5.69 Å². The zero-order valence-corrected chi connectivity index (χ0v) is 10.8. The van der Waals surface area contributed by atoms with Crippen LogP contribution in [0.1, 0.15) is 5.56 Å². The Kier molecular flexibility index (Phi) is 3.94. The Hall–Kier alpha value is -1.45. The van der Waals surface area contributed by atoms with E-state index in [2.05, 4.69) is 5.32 Å². The monoisotopic (exact) mass is 285 g/mol. The van der Waals surface area contributed by atoms with E-state index in [1.165, 1.54) is 18.2 Å². The van der Waals surface area contributed by atoms with Gasteiger partial charge < -0.3 is 10.4 Å². The Morgan fingerprint density at radius 3 is 2.56 bits per heavy atom. The van der Waals surface area contributed by atoms with Crippen LogP contribution in [0.3, 0.4) is 0 Å². The maximum absolute atomic E-state index is 13.0. The summed E-state index contributed by atoms with van der Waals surface area (Å²) >= 11 is 11.7. The highest BCUT2D eigenvalue weighted by atomic mass is 35.5. The van der Waals surface area contributed by atoms with Gasteiger partial charge in [-0.15, -0.1) is 0 Å². The minimum absolute atomic E-state index is 0.0453. The van der Waals surface area contributed by atoms with Crippen LogP contribution in [0.25, 0.3) is 0 Å². The predicted molar refractivity (Wildman–Crippen MR) is 71.9 cm³/mol. The minimum Gasteiger partial charge on any atom is -0.508 e. The van der Waals surface area contributed by atoms with Gasteiger partial charge in [0.05, 0.1) is 10.0 Å². The first-order valence-corrected chi connectivity index (χ1v) is 5.98. The van der Waals surface area contributed by atoms with Gasteiger partial charge in [-0.25, -0.2) is 4.39 Å². The van der Waals surface area contributed by atoms with E-state index >= 15 is 0 Å². The molecule has 0 amide bonds. The number of anilines is 1. The fourth-order valence-corrected chi connectivity index (χ4v) is 1.80. The Labute approximate surface area is 114 Å². The highest BCUT2D eigenvalue weighted by Crippen LogP contribution is 2.26. The van der Waals surface area contributed by atoms with Gasteiger partial charge in [0.2, 0.25) is 0 Å². The van der Waals surface area contributed by atoms with Crippen molar-refractivity contribution in [3.8, 4) is 5.75 Å². The van der Waals surface area contributed by atoms with Gasteiger partial charge in [0, 0.05) is 17.8 Å². The van der Waals surface area contributed by atoms with E-state index in [4.69, 9.17) is 23.2 Å². The molecule has 0 fully saturated rings. The molecule has 2 N–H and O–H groups in total. The lowest BCUT2D eigenvalue weighted by molar-refractivity contribution is 0.466. The summed E-state index contributed by atoms with van der Waals surface area (Å²) in [4.78, 5) is 0. The molecule has 0 aliphatic heterocycles. The smallest absolute Gasteiger partial charge is 0.123 e. The van der Waals surface area contributed by atoms with E-state index < -0.39 is 5.82 Å². The minimum atomic E-state index is -0.390. The molecule has 0 aliphatic rings. The van der Waals surface area contributed by atoms with Crippen molar-refractivity contribution in [3.05, 3.63) is 57.8 Å². The maximum Gasteiger partial charge on any atom is 0.123 e. The zero-order chi connectivity index (χ0) is 13.1. The summed E-state index contributed by atoms with van der Waals surface area (Å²) < 4.78 is 13.0. The van der Waals surface area contributed by atoms with Crippen molar-refractivity contribution in [1.29, 1.82) is 0 Å². The van der Waals surface area contributed by atoms with Crippen molar-refractivity contribution >= 4 is 28.9 Å². The van der Waals surface area contributed by atoms with Gasteiger partial charge in [-0.3, -0.25) is 0 Å². The Morgan fingerprint density at radius 2 is 1.83 bits per heavy atom. The van der Waals surface area contributed by atoms with Crippen LogP contribution in [-0.2, 0) is 6.54 Å². The molecule has 0 saturated carbocycles. The van der Waals surface area contributed by atoms with Crippen molar-refractivity contribution in [2.24, 2.45) is 0 Å². The summed E-state index contributed by atoms with van der Waals surface area (Å²) in [7, 11) is 0. The van der Waals surface area contributed by atoms with Gasteiger partial charge in [-0.05, 0) is 36.4 Å². The number of phenolic OH excluding ortho intramolecular Hbond substituents is 1. The molecule has 0 radical (unpaired) electrons. The molecule has 2 aromatic carbocycles. The average molecular weight is 286 g/mol. The standard InChI is InChI=1S/C13H10Cl2FNO/c14-11-3-2-10(6-12(11)15)17-7-8-5-9(16)1-4-13(8)18/h1-6,17-18H,7H2. The first-order chi connectivity index (χ1) is 8.56. The number of hydrogen-bond acceptors (Lipinski definition) is 2. The van der Waals surface area contributed by atoms with Crippen molar-refractivity contribution in [2.45, 2.75) is 6.54 Å². The summed E-state index contributed by atoms with van der Waals surface area (Å²) in [6.45, 7) is 0.293. The lowest BCUT2D eigenvalue weighted by Gasteiger charge is -2.09. The van der Waals surface area contributed by atoms with Gasteiger partial charge in [0.15, 0.2) is 0 Å². The third-order valence-electron chi connectivity index (χ3n) is 2.44. The Bertz CT molecular complexity index is 575. The summed E-state index contributed by atoms with van der Waals surface area (Å²) in [5.41, 5.74) is 1.22. The molecule has 0 bridgehead atoms. The van der Waals surface area contributed by atoms with Gasteiger partial charge in [0.25, 0.3) is 0 Å². The molecule has 94 valence electrons. The van der Waals surface area contributed by atoms with Crippen molar-refractivity contribution in [2.75, 3.05) is 5.32 Å². The molecule has 0 unspecified atom stereocenters. The van der Waals surface area contributed by atoms with Crippen LogP contribution in [0.4, 0.5) is 10.1 Å². The number of nitrogens with one attached hydrogen (secondary N) is 1. The van der Waals surface area contributed by atoms with E-state index in [-0.39, 0.29) is 5.75 Å². The number of halogens is 3. The maximum atomic E-state index is 13.0. The molecule has 2 nitrogen and oxygen atoms in total. The molecule has 5 heteroatoms. The SMILES string of the molecule is Oc1ccc(F)cc1CNc1ccc(Cl)c(Cl)c1. The highest BCUT2D eigenvalue weighted by molar-refractivity contribution is 6.42. The molecule has 0 saturated heterocycles. The van der Waals surface area contributed by atoms with Crippen LogP contribution in [0.2, 0.25) is 10.0 Å². The zero-order valence-electron chi connectivity index (χ0n) is 9.25. The Balaban J connectivity index is 2.11. The van der Waals surface area contributed by atoms with Crippen molar-refractivity contribution < 1.29 is 9.50 Å². The topological polar surface area (TPSA) is 32.3 Å². The number of rotatable bonds is 3. The van der Waals surface area contributed by atoms with Gasteiger partial charge in [-0.1, -0.05) is 23.2 Å². The van der Waals surface area contributed by atoms with E-state index in [9.17, 15) is 9.50 Å². The molecule has 18 heavy (non-hydrogen) atoms.